The lowest BCUT2D eigenvalue weighted by molar-refractivity contribution is -0.870. The first kappa shape index (κ1) is 61.9. The first-order valence-corrected chi connectivity index (χ1v) is 26.1. The monoisotopic (exact) mass is 935 g/mol. The summed E-state index contributed by atoms with van der Waals surface area (Å²) in [6.07, 6.45) is 67.9. The number of unbranched alkanes of at least 4 members (excludes halogenated alkanes) is 4. The quantitative estimate of drug-likeness (QED) is 0.0212. The number of phosphoric ester groups is 1. The first-order valence-electron chi connectivity index (χ1n) is 24.6. The van der Waals surface area contributed by atoms with Crippen LogP contribution in [0.25, 0.3) is 0 Å². The molecule has 1 N–H and O–H groups in total. The smallest absolute Gasteiger partial charge is 0.462 e. The number of quaternary nitrogens is 1. The zero-order valence-corrected chi connectivity index (χ0v) is 42.5. The van der Waals surface area contributed by atoms with E-state index in [2.05, 4.69) is 148 Å². The Kier molecular flexibility index (Phi) is 43.2. The number of ether oxygens (including phenoxy) is 2. The van der Waals surface area contributed by atoms with Gasteiger partial charge in [0.2, 0.25) is 0 Å². The Labute approximate surface area is 402 Å². The molecule has 2 unspecified atom stereocenters. The molecule has 0 saturated heterocycles. The Morgan fingerprint density at radius 2 is 0.848 bits per heavy atom. The van der Waals surface area contributed by atoms with Gasteiger partial charge in [-0.3, -0.25) is 18.6 Å². The van der Waals surface area contributed by atoms with Crippen molar-refractivity contribution in [2.45, 2.75) is 148 Å². The van der Waals surface area contributed by atoms with Crippen LogP contribution in [0.1, 0.15) is 142 Å². The van der Waals surface area contributed by atoms with Crippen LogP contribution in [0, 0.1) is 0 Å². The summed E-state index contributed by atoms with van der Waals surface area (Å²) < 4.78 is 34.2. The minimum atomic E-state index is -4.41. The van der Waals surface area contributed by atoms with Crippen LogP contribution in [0.5, 0.6) is 0 Å². The minimum Gasteiger partial charge on any atom is -0.462 e. The molecule has 0 rings (SSSR count). The summed E-state index contributed by atoms with van der Waals surface area (Å²) in [6, 6.07) is 0. The van der Waals surface area contributed by atoms with Gasteiger partial charge >= 0.3 is 19.8 Å². The van der Waals surface area contributed by atoms with E-state index in [1.54, 1.807) is 0 Å². The third-order valence-corrected chi connectivity index (χ3v) is 10.4. The number of carbonyl (C=O) groups excluding carboxylic acids is 2. The fourth-order valence-corrected chi connectivity index (χ4v) is 6.37. The second-order valence-electron chi connectivity index (χ2n) is 16.7. The normalized spacial score (nSPS) is 14.7. The molecule has 0 aliphatic rings. The van der Waals surface area contributed by atoms with E-state index >= 15 is 0 Å². The van der Waals surface area contributed by atoms with Crippen LogP contribution < -0.4 is 0 Å². The van der Waals surface area contributed by atoms with E-state index in [4.69, 9.17) is 18.5 Å². The summed E-state index contributed by atoms with van der Waals surface area (Å²) in [6.45, 7) is 4.03. The number of allylic oxidation sites excluding steroid dienone is 24. The highest BCUT2D eigenvalue weighted by atomic mass is 31.2. The number of hydrogen-bond acceptors (Lipinski definition) is 7. The molecule has 0 bridgehead atoms. The van der Waals surface area contributed by atoms with E-state index in [1.165, 1.54) is 0 Å². The average molecular weight is 935 g/mol. The van der Waals surface area contributed by atoms with Crippen molar-refractivity contribution in [2.24, 2.45) is 0 Å². The summed E-state index contributed by atoms with van der Waals surface area (Å²) in [5.74, 6) is -0.940. The Hall–Kier alpha value is -4.11. The highest BCUT2D eigenvalue weighted by molar-refractivity contribution is 7.47. The molecular weight excluding hydrogens is 846 g/mol. The van der Waals surface area contributed by atoms with Crippen molar-refractivity contribution < 1.29 is 42.1 Å². The molecule has 66 heavy (non-hydrogen) atoms. The van der Waals surface area contributed by atoms with Crippen LogP contribution in [-0.4, -0.2) is 74.9 Å². The number of nitrogens with zero attached hydrogens (tertiary/aromatic N) is 1. The fourth-order valence-electron chi connectivity index (χ4n) is 5.63. The van der Waals surface area contributed by atoms with Crippen LogP contribution in [-0.2, 0) is 32.7 Å². The van der Waals surface area contributed by atoms with Crippen molar-refractivity contribution >= 4 is 19.8 Å². The summed E-state index contributed by atoms with van der Waals surface area (Å²) in [7, 11) is 1.39. The lowest BCUT2D eigenvalue weighted by atomic mass is 10.1. The van der Waals surface area contributed by atoms with E-state index in [9.17, 15) is 19.0 Å². The number of likely N-dealkylation sites (N-methyl/N-ethyl adjacent to an activating group) is 1. The summed E-state index contributed by atoms with van der Waals surface area (Å²) in [5.41, 5.74) is 0. The van der Waals surface area contributed by atoms with Crippen molar-refractivity contribution in [3.63, 3.8) is 0 Å². The van der Waals surface area contributed by atoms with Gasteiger partial charge in [0.05, 0.1) is 27.7 Å². The maximum absolute atomic E-state index is 12.7. The molecule has 0 aromatic heterocycles. The summed E-state index contributed by atoms with van der Waals surface area (Å²) in [5, 5.41) is 0. The van der Waals surface area contributed by atoms with E-state index in [0.29, 0.717) is 23.9 Å². The van der Waals surface area contributed by atoms with Gasteiger partial charge < -0.3 is 18.9 Å². The topological polar surface area (TPSA) is 108 Å². The van der Waals surface area contributed by atoms with Crippen molar-refractivity contribution in [1.82, 2.24) is 0 Å². The lowest BCUT2D eigenvalue weighted by Crippen LogP contribution is -2.37. The molecule has 0 aromatic carbocycles. The molecular formula is C56H89NO8P+. The van der Waals surface area contributed by atoms with Crippen LogP contribution >= 0.6 is 7.82 Å². The second kappa shape index (κ2) is 46.0. The lowest BCUT2D eigenvalue weighted by Gasteiger charge is -2.24. The predicted octanol–water partition coefficient (Wildman–Crippen LogP) is 14.8. The fraction of sp³-hybridized carbons (Fsp3) is 0.536. The number of hydrogen-bond donors (Lipinski definition) is 1. The van der Waals surface area contributed by atoms with E-state index in [1.807, 2.05) is 33.3 Å². The van der Waals surface area contributed by atoms with Gasteiger partial charge in [0.1, 0.15) is 19.8 Å². The van der Waals surface area contributed by atoms with E-state index < -0.39 is 32.5 Å². The molecule has 2 atom stereocenters. The van der Waals surface area contributed by atoms with Crippen LogP contribution in [0.3, 0.4) is 0 Å². The molecule has 0 radical (unpaired) electrons. The van der Waals surface area contributed by atoms with Gasteiger partial charge in [-0.05, 0) is 103 Å². The third-order valence-electron chi connectivity index (χ3n) is 9.38. The van der Waals surface area contributed by atoms with Gasteiger partial charge in [0, 0.05) is 12.8 Å². The highest BCUT2D eigenvalue weighted by Gasteiger charge is 2.27. The van der Waals surface area contributed by atoms with Gasteiger partial charge in [-0.2, -0.15) is 0 Å². The van der Waals surface area contributed by atoms with Crippen LogP contribution in [0.4, 0.5) is 0 Å². The van der Waals surface area contributed by atoms with E-state index in [-0.39, 0.29) is 26.1 Å². The molecule has 0 aliphatic carbocycles. The first-order chi connectivity index (χ1) is 32.0. The number of rotatable bonds is 42. The van der Waals surface area contributed by atoms with Crippen molar-refractivity contribution in [3.8, 4) is 0 Å². The number of esters is 2. The van der Waals surface area contributed by atoms with Crippen molar-refractivity contribution in [3.05, 3.63) is 146 Å². The molecule has 0 fully saturated rings. The van der Waals surface area contributed by atoms with Crippen molar-refractivity contribution in [1.29, 1.82) is 0 Å². The van der Waals surface area contributed by atoms with Crippen LogP contribution in [0.15, 0.2) is 146 Å². The van der Waals surface area contributed by atoms with Crippen LogP contribution in [0.2, 0.25) is 0 Å². The standard InChI is InChI=1S/C56H88NO8P/c1-6-8-10-12-14-16-18-20-21-22-23-24-25-26-27-28-29-30-31-32-33-34-35-37-39-41-43-45-47-49-56(59)65-54(53-64-66(60,61)63-51-50-57(3,4)5)52-62-55(58)48-46-44-42-40-38-36-19-17-15-13-11-9-7-2/h8-11,14-17,20-21,23-24,26-27,29-30,32-33,35-38,42,44,54H,6-7,12-13,18-19,22,25,28,31,34,39-41,43,45-53H2,1-5H3/p+1/b10-8-,11-9-,16-14-,17-15-,21-20-,24-23-,27-26-,30-29-,33-32-,37-35-,38-36-,44-42-. The Balaban J connectivity index is 4.39. The minimum absolute atomic E-state index is 0.00653. The SMILES string of the molecule is CC/C=C\C/C=C\C/C=C\C/C=C\C/C=C\C/C=C\C/C=C\C/C=C\CCCCCCC(=O)OC(COC(=O)CC/C=C\C/C=C\C/C=C\C/C=C\CC)COP(=O)(O)OCC[N+](C)(C)C. The zero-order valence-electron chi connectivity index (χ0n) is 41.6. The average Bonchev–Trinajstić information content (AvgIpc) is 3.27. The molecule has 10 heteroatoms. The Bertz CT molecular complexity index is 1620. The molecule has 0 aliphatic heterocycles. The molecule has 0 heterocycles. The second-order valence-corrected chi connectivity index (χ2v) is 18.2. The largest absolute Gasteiger partial charge is 0.472 e. The predicted molar refractivity (Wildman–Crippen MR) is 279 cm³/mol. The van der Waals surface area contributed by atoms with Crippen molar-refractivity contribution in [2.75, 3.05) is 47.5 Å². The Morgan fingerprint density at radius 1 is 0.470 bits per heavy atom. The van der Waals surface area contributed by atoms with Gasteiger partial charge in [0.15, 0.2) is 6.10 Å². The Morgan fingerprint density at radius 3 is 1.26 bits per heavy atom. The highest BCUT2D eigenvalue weighted by Crippen LogP contribution is 2.43. The van der Waals surface area contributed by atoms with Gasteiger partial charge in [0.25, 0.3) is 0 Å². The maximum Gasteiger partial charge on any atom is 0.472 e. The summed E-state index contributed by atoms with van der Waals surface area (Å²) >= 11 is 0. The maximum atomic E-state index is 12.7. The molecule has 9 nitrogen and oxygen atoms in total. The van der Waals surface area contributed by atoms with Gasteiger partial charge in [-0.15, -0.1) is 0 Å². The number of carbonyl (C=O) groups is 2. The van der Waals surface area contributed by atoms with E-state index in [0.717, 1.165) is 103 Å². The van der Waals surface area contributed by atoms with Gasteiger partial charge in [-0.1, -0.05) is 173 Å². The third kappa shape index (κ3) is 49.3. The summed E-state index contributed by atoms with van der Waals surface area (Å²) in [4.78, 5) is 35.4. The molecule has 0 saturated carbocycles. The zero-order chi connectivity index (χ0) is 48.5. The molecule has 0 spiro atoms. The molecule has 370 valence electrons. The number of phosphoric acid groups is 1. The van der Waals surface area contributed by atoms with Gasteiger partial charge in [-0.25, -0.2) is 4.57 Å². The molecule has 0 aromatic rings. The molecule has 0 amide bonds.